The summed E-state index contributed by atoms with van der Waals surface area (Å²) < 4.78 is 29.5. The van der Waals surface area contributed by atoms with Crippen LogP contribution in [-0.2, 0) is 19.3 Å². The van der Waals surface area contributed by atoms with Crippen LogP contribution in [0.5, 0.6) is 0 Å². The zero-order valence-electron chi connectivity index (χ0n) is 21.1. The molecule has 0 aliphatic carbocycles. The maximum atomic E-state index is 12.6. The van der Waals surface area contributed by atoms with Gasteiger partial charge in [0, 0.05) is 30.1 Å². The first-order valence-electron chi connectivity index (χ1n) is 11.5. The van der Waals surface area contributed by atoms with E-state index in [1.54, 1.807) is 58.0 Å². The molecule has 192 valence electrons. The normalized spacial score (nSPS) is 17.2. The fraction of sp³-hybridized carbons (Fsp3) is 0.542. The van der Waals surface area contributed by atoms with E-state index >= 15 is 0 Å². The number of hydrogen-bond acceptors (Lipinski definition) is 8. The number of nitrogens with one attached hydrogen (secondary N) is 2. The van der Waals surface area contributed by atoms with Crippen molar-refractivity contribution in [3.8, 4) is 11.4 Å². The predicted octanol–water partition coefficient (Wildman–Crippen LogP) is 2.54. The van der Waals surface area contributed by atoms with Crippen molar-refractivity contribution in [2.24, 2.45) is 0 Å². The minimum Gasteiger partial charge on any atom is -0.394 e. The monoisotopic (exact) mass is 505 g/mol. The molecular weight excluding hydrogens is 470 g/mol. The molecule has 11 heteroatoms. The second-order valence-corrected chi connectivity index (χ2v) is 12.6. The topological polar surface area (TPSA) is 134 Å². The molecule has 1 atom stereocenters. The number of ether oxygens (including phenoxy) is 1. The molecule has 0 radical (unpaired) electrons. The van der Waals surface area contributed by atoms with Crippen LogP contribution in [0.4, 0.5) is 16.3 Å². The number of urea groups is 1. The van der Waals surface area contributed by atoms with Crippen LogP contribution in [0.2, 0.25) is 0 Å². The second-order valence-electron chi connectivity index (χ2n) is 10.0. The molecule has 0 saturated carbocycles. The Kier molecular flexibility index (Phi) is 7.73. The van der Waals surface area contributed by atoms with Gasteiger partial charge in [-0.05, 0) is 58.9 Å². The highest BCUT2D eigenvalue weighted by Gasteiger charge is 2.35. The van der Waals surface area contributed by atoms with Crippen LogP contribution in [0.25, 0.3) is 11.4 Å². The Morgan fingerprint density at radius 3 is 2.43 bits per heavy atom. The highest BCUT2D eigenvalue weighted by Crippen LogP contribution is 2.32. The molecule has 0 spiro atoms. The van der Waals surface area contributed by atoms with Crippen LogP contribution >= 0.6 is 0 Å². The van der Waals surface area contributed by atoms with E-state index in [4.69, 9.17) is 9.72 Å². The lowest BCUT2D eigenvalue weighted by Gasteiger charge is -2.35. The molecule has 0 bridgehead atoms. The van der Waals surface area contributed by atoms with Crippen LogP contribution in [0.15, 0.2) is 30.3 Å². The number of rotatable bonds is 7. The van der Waals surface area contributed by atoms with Gasteiger partial charge in [0.05, 0.1) is 37.1 Å². The predicted molar refractivity (Wildman–Crippen MR) is 136 cm³/mol. The van der Waals surface area contributed by atoms with Gasteiger partial charge < -0.3 is 25.4 Å². The molecule has 35 heavy (non-hydrogen) atoms. The fourth-order valence-corrected chi connectivity index (χ4v) is 3.97. The van der Waals surface area contributed by atoms with Crippen molar-refractivity contribution in [1.82, 2.24) is 15.3 Å². The SMILES string of the molecule is C[C@H]1COCCN1c1cc(C(C)(C)S(C)(=O)=O)nc(-c2ccc(NC(=O)NC(C)(C)CO)cc2)n1. The zero-order chi connectivity index (χ0) is 26.0. The Balaban J connectivity index is 1.96. The van der Waals surface area contributed by atoms with Gasteiger partial charge in [-0.3, -0.25) is 0 Å². The molecular formula is C24H35N5O5S. The number of aromatic nitrogens is 2. The number of nitrogens with zero attached hydrogens (tertiary/aromatic N) is 3. The summed E-state index contributed by atoms with van der Waals surface area (Å²) in [5, 5.41) is 14.8. The first kappa shape index (κ1) is 26.8. The highest BCUT2D eigenvalue weighted by molar-refractivity contribution is 7.91. The van der Waals surface area contributed by atoms with Crippen molar-refractivity contribution in [1.29, 1.82) is 0 Å². The van der Waals surface area contributed by atoms with Gasteiger partial charge in [-0.2, -0.15) is 0 Å². The van der Waals surface area contributed by atoms with E-state index in [2.05, 4.69) is 20.5 Å². The molecule has 1 aromatic carbocycles. The van der Waals surface area contributed by atoms with E-state index in [1.165, 1.54) is 6.26 Å². The summed E-state index contributed by atoms with van der Waals surface area (Å²) in [4.78, 5) is 23.7. The Hall–Kier alpha value is -2.76. The first-order valence-corrected chi connectivity index (χ1v) is 13.4. The van der Waals surface area contributed by atoms with Gasteiger partial charge in [-0.1, -0.05) is 0 Å². The number of benzene rings is 1. The third-order valence-corrected chi connectivity index (χ3v) is 8.23. The first-order chi connectivity index (χ1) is 16.2. The van der Waals surface area contributed by atoms with Gasteiger partial charge in [0.1, 0.15) is 10.6 Å². The Morgan fingerprint density at radius 1 is 1.20 bits per heavy atom. The van der Waals surface area contributed by atoms with Gasteiger partial charge in [0.15, 0.2) is 15.7 Å². The summed E-state index contributed by atoms with van der Waals surface area (Å²) in [5.41, 5.74) is 0.888. The molecule has 1 aromatic heterocycles. The number of carbonyl (C=O) groups excluding carboxylic acids is 1. The van der Waals surface area contributed by atoms with Gasteiger partial charge in [0.2, 0.25) is 0 Å². The molecule has 0 unspecified atom stereocenters. The molecule has 10 nitrogen and oxygen atoms in total. The molecule has 2 aromatic rings. The fourth-order valence-electron chi connectivity index (χ4n) is 3.49. The summed E-state index contributed by atoms with van der Waals surface area (Å²) in [6, 6.07) is 8.36. The summed E-state index contributed by atoms with van der Waals surface area (Å²) in [6.45, 7) is 10.3. The number of hydrogen-bond donors (Lipinski definition) is 3. The number of aliphatic hydroxyl groups is 1. The highest BCUT2D eigenvalue weighted by atomic mass is 32.2. The molecule has 1 aliphatic rings. The van der Waals surface area contributed by atoms with Crippen molar-refractivity contribution < 1.29 is 23.1 Å². The van der Waals surface area contributed by atoms with Crippen molar-refractivity contribution >= 4 is 27.4 Å². The van der Waals surface area contributed by atoms with E-state index in [0.29, 0.717) is 48.3 Å². The van der Waals surface area contributed by atoms with Crippen LogP contribution in [-0.4, -0.2) is 73.7 Å². The van der Waals surface area contributed by atoms with Crippen molar-refractivity contribution in [2.45, 2.75) is 50.9 Å². The maximum Gasteiger partial charge on any atom is 0.319 e. The van der Waals surface area contributed by atoms with Gasteiger partial charge in [0.25, 0.3) is 0 Å². The largest absolute Gasteiger partial charge is 0.394 e. The summed E-state index contributed by atoms with van der Waals surface area (Å²) in [6.07, 6.45) is 1.20. The molecule has 1 fully saturated rings. The molecule has 2 amide bonds. The number of sulfone groups is 1. The summed E-state index contributed by atoms with van der Waals surface area (Å²) in [5.74, 6) is 1.04. The number of carbonyl (C=O) groups is 1. The quantitative estimate of drug-likeness (QED) is 0.523. The van der Waals surface area contributed by atoms with E-state index < -0.39 is 26.2 Å². The molecule has 1 saturated heterocycles. The van der Waals surface area contributed by atoms with E-state index in [-0.39, 0.29) is 12.6 Å². The van der Waals surface area contributed by atoms with Crippen molar-refractivity contribution in [2.75, 3.05) is 42.8 Å². The lowest BCUT2D eigenvalue weighted by Crippen LogP contribution is -2.48. The van der Waals surface area contributed by atoms with Crippen molar-refractivity contribution in [3.05, 3.63) is 36.0 Å². The lowest BCUT2D eigenvalue weighted by atomic mass is 10.1. The Bertz CT molecular complexity index is 1170. The number of morpholine rings is 1. The van der Waals surface area contributed by atoms with Crippen LogP contribution in [0.3, 0.4) is 0 Å². The van der Waals surface area contributed by atoms with E-state index in [0.717, 1.165) is 0 Å². The number of aliphatic hydroxyl groups excluding tert-OH is 1. The van der Waals surface area contributed by atoms with Crippen molar-refractivity contribution in [3.63, 3.8) is 0 Å². The lowest BCUT2D eigenvalue weighted by molar-refractivity contribution is 0.0985. The van der Waals surface area contributed by atoms with Gasteiger partial charge >= 0.3 is 6.03 Å². The second kappa shape index (κ2) is 10.1. The zero-order valence-corrected chi connectivity index (χ0v) is 21.9. The minimum absolute atomic E-state index is 0.0777. The maximum absolute atomic E-state index is 12.6. The molecule has 3 rings (SSSR count). The van der Waals surface area contributed by atoms with Crippen LogP contribution < -0.4 is 15.5 Å². The summed E-state index contributed by atoms with van der Waals surface area (Å²) >= 11 is 0. The van der Waals surface area contributed by atoms with Crippen LogP contribution in [0, 0.1) is 0 Å². The van der Waals surface area contributed by atoms with E-state index in [1.807, 2.05) is 6.92 Å². The minimum atomic E-state index is -3.46. The third kappa shape index (κ3) is 6.28. The molecule has 3 N–H and O–H groups in total. The molecule has 1 aliphatic heterocycles. The molecule has 2 heterocycles. The summed E-state index contributed by atoms with van der Waals surface area (Å²) in [7, 11) is -3.46. The van der Waals surface area contributed by atoms with Gasteiger partial charge in [-0.25, -0.2) is 23.2 Å². The van der Waals surface area contributed by atoms with Gasteiger partial charge in [-0.15, -0.1) is 0 Å². The Labute approximate surface area is 207 Å². The number of amides is 2. The third-order valence-electron chi connectivity index (χ3n) is 6.17. The number of anilines is 2. The Morgan fingerprint density at radius 2 is 1.86 bits per heavy atom. The van der Waals surface area contributed by atoms with E-state index in [9.17, 15) is 18.3 Å². The smallest absolute Gasteiger partial charge is 0.319 e. The standard InChI is InChI=1S/C24H35N5O5S/c1-16-14-34-12-11-29(16)20-13-19(24(4,5)35(6,32)33)26-21(27-20)17-7-9-18(10-8-17)25-22(31)28-23(2,3)15-30/h7-10,13,16,30H,11-12,14-15H2,1-6H3,(H2,25,28,31)/t16-/m0/s1. The van der Waals surface area contributed by atoms with Crippen LogP contribution in [0.1, 0.15) is 40.3 Å². The average molecular weight is 506 g/mol. The average Bonchev–Trinajstić information content (AvgIpc) is 2.78.